The average molecular weight is 503 g/mol. The van der Waals surface area contributed by atoms with Crippen molar-refractivity contribution in [1.82, 2.24) is 4.31 Å². The number of aryl methyl sites for hydroxylation is 1. The number of piperidine rings is 1. The van der Waals surface area contributed by atoms with E-state index in [2.05, 4.69) is 5.32 Å². The number of ketones is 1. The van der Waals surface area contributed by atoms with Crippen molar-refractivity contribution in [2.75, 3.05) is 18.4 Å². The van der Waals surface area contributed by atoms with Gasteiger partial charge in [0.2, 0.25) is 5.91 Å². The molecule has 1 fully saturated rings. The topological polar surface area (TPSA) is 83.6 Å². The lowest BCUT2D eigenvalue weighted by Gasteiger charge is -2.30. The van der Waals surface area contributed by atoms with Crippen LogP contribution in [0.1, 0.15) is 34.3 Å². The molecule has 6 nitrogen and oxygen atoms in total. The summed E-state index contributed by atoms with van der Waals surface area (Å²) in [4.78, 5) is 26.0. The minimum atomic E-state index is -3.61. The lowest BCUT2D eigenvalue weighted by molar-refractivity contribution is -0.120. The molecule has 0 spiro atoms. The van der Waals surface area contributed by atoms with Gasteiger partial charge in [0.15, 0.2) is 5.78 Å². The molecule has 1 N–H and O–H groups in total. The van der Waals surface area contributed by atoms with Crippen LogP contribution in [-0.2, 0) is 14.8 Å². The van der Waals surface area contributed by atoms with Crippen LogP contribution in [0, 0.1) is 12.8 Å². The Balaban J connectivity index is 1.45. The average Bonchev–Trinajstić information content (AvgIpc) is 3.27. The number of carbonyl (C=O) groups excluding carboxylic acids is 2. The molecule has 0 unspecified atom stereocenters. The van der Waals surface area contributed by atoms with E-state index in [1.807, 2.05) is 19.1 Å². The zero-order valence-electron chi connectivity index (χ0n) is 18.0. The number of hydrogen-bond donors (Lipinski definition) is 1. The second-order valence-electron chi connectivity index (χ2n) is 7.97. The number of nitrogens with zero attached hydrogens (tertiary/aromatic N) is 1. The summed E-state index contributed by atoms with van der Waals surface area (Å²) in [6.45, 7) is 2.39. The van der Waals surface area contributed by atoms with Gasteiger partial charge in [0, 0.05) is 30.1 Å². The van der Waals surface area contributed by atoms with Gasteiger partial charge in [-0.05, 0) is 44.0 Å². The molecule has 1 aliphatic heterocycles. The molecule has 0 bridgehead atoms. The fourth-order valence-corrected chi connectivity index (χ4v) is 6.96. The fourth-order valence-electron chi connectivity index (χ4n) is 3.86. The Morgan fingerprint density at radius 1 is 1.03 bits per heavy atom. The second kappa shape index (κ2) is 9.77. The zero-order chi connectivity index (χ0) is 23.6. The van der Waals surface area contributed by atoms with Gasteiger partial charge in [-0.15, -0.1) is 11.3 Å². The predicted octanol–water partition coefficient (Wildman–Crippen LogP) is 4.98. The van der Waals surface area contributed by atoms with E-state index in [1.54, 1.807) is 42.5 Å². The summed E-state index contributed by atoms with van der Waals surface area (Å²) in [7, 11) is -3.61. The van der Waals surface area contributed by atoms with Crippen molar-refractivity contribution in [3.63, 3.8) is 0 Å². The van der Waals surface area contributed by atoms with Gasteiger partial charge < -0.3 is 5.32 Å². The number of thiophene rings is 1. The minimum Gasteiger partial charge on any atom is -0.325 e. The van der Waals surface area contributed by atoms with E-state index in [0.29, 0.717) is 34.0 Å². The van der Waals surface area contributed by atoms with Crippen molar-refractivity contribution >= 4 is 50.3 Å². The van der Waals surface area contributed by atoms with Crippen LogP contribution in [0.5, 0.6) is 0 Å². The number of rotatable bonds is 6. The number of anilines is 1. The first kappa shape index (κ1) is 23.6. The van der Waals surface area contributed by atoms with Gasteiger partial charge in [-0.1, -0.05) is 53.6 Å². The molecule has 1 saturated heterocycles. The molecule has 9 heteroatoms. The van der Waals surface area contributed by atoms with Crippen LogP contribution in [0.4, 0.5) is 5.69 Å². The van der Waals surface area contributed by atoms with E-state index >= 15 is 0 Å². The standard InChI is InChI=1S/C24H23ClN2O4S2/c1-16-7-8-20(19(15-16)23(28)17-5-3-2-4-6-17)26-24(29)18-11-13-27(14-12-18)33(30,31)22-10-9-21(25)32-22/h2-10,15,18H,11-14H2,1H3,(H,26,29). The van der Waals surface area contributed by atoms with E-state index in [9.17, 15) is 18.0 Å². The zero-order valence-corrected chi connectivity index (χ0v) is 20.3. The highest BCUT2D eigenvalue weighted by Crippen LogP contribution is 2.31. The molecule has 0 radical (unpaired) electrons. The lowest BCUT2D eigenvalue weighted by atomic mass is 9.96. The highest BCUT2D eigenvalue weighted by atomic mass is 35.5. The van der Waals surface area contributed by atoms with Crippen molar-refractivity contribution in [2.45, 2.75) is 24.0 Å². The minimum absolute atomic E-state index is 0.162. The van der Waals surface area contributed by atoms with E-state index in [1.165, 1.54) is 10.4 Å². The SMILES string of the molecule is Cc1ccc(NC(=O)C2CCN(S(=O)(=O)c3ccc(Cl)s3)CC2)c(C(=O)c2ccccc2)c1. The maximum atomic E-state index is 13.0. The van der Waals surface area contributed by atoms with Gasteiger partial charge in [0.25, 0.3) is 10.0 Å². The monoisotopic (exact) mass is 502 g/mol. The van der Waals surface area contributed by atoms with Gasteiger partial charge >= 0.3 is 0 Å². The van der Waals surface area contributed by atoms with Crippen LogP contribution in [0.3, 0.4) is 0 Å². The van der Waals surface area contributed by atoms with E-state index in [-0.39, 0.29) is 34.9 Å². The number of sulfonamides is 1. The first-order valence-electron chi connectivity index (χ1n) is 10.5. The van der Waals surface area contributed by atoms with Crippen molar-refractivity contribution in [3.8, 4) is 0 Å². The summed E-state index contributed by atoms with van der Waals surface area (Å²) in [5, 5.41) is 2.90. The quantitative estimate of drug-likeness (QED) is 0.482. The van der Waals surface area contributed by atoms with Crippen LogP contribution in [0.2, 0.25) is 4.34 Å². The van der Waals surface area contributed by atoms with Crippen LogP contribution >= 0.6 is 22.9 Å². The van der Waals surface area contributed by atoms with Crippen molar-refractivity contribution in [3.05, 3.63) is 81.7 Å². The first-order valence-corrected chi connectivity index (χ1v) is 13.2. The molecule has 0 aliphatic carbocycles. The summed E-state index contributed by atoms with van der Waals surface area (Å²) in [5.74, 6) is -0.716. The highest BCUT2D eigenvalue weighted by Gasteiger charge is 2.33. The van der Waals surface area contributed by atoms with E-state index in [4.69, 9.17) is 11.6 Å². The van der Waals surface area contributed by atoms with Crippen LogP contribution < -0.4 is 5.32 Å². The number of hydrogen-bond acceptors (Lipinski definition) is 5. The number of carbonyl (C=O) groups is 2. The van der Waals surface area contributed by atoms with Gasteiger partial charge in [0.1, 0.15) is 4.21 Å². The molecule has 172 valence electrons. The molecule has 1 amide bonds. The third-order valence-electron chi connectivity index (χ3n) is 5.68. The van der Waals surface area contributed by atoms with Gasteiger partial charge in [-0.3, -0.25) is 9.59 Å². The Labute approximate surface area is 202 Å². The van der Waals surface area contributed by atoms with Crippen LogP contribution in [0.25, 0.3) is 0 Å². The summed E-state index contributed by atoms with van der Waals surface area (Å²) in [6, 6.07) is 17.4. The first-order chi connectivity index (χ1) is 15.8. The van der Waals surface area contributed by atoms with Crippen molar-refractivity contribution < 1.29 is 18.0 Å². The molecular weight excluding hydrogens is 480 g/mol. The lowest BCUT2D eigenvalue weighted by Crippen LogP contribution is -2.41. The molecule has 2 heterocycles. The summed E-state index contributed by atoms with van der Waals surface area (Å²) >= 11 is 6.91. The number of halogens is 1. The molecule has 3 aromatic rings. The predicted molar refractivity (Wildman–Crippen MR) is 130 cm³/mol. The van der Waals surface area contributed by atoms with Crippen LogP contribution in [0.15, 0.2) is 64.9 Å². The normalized spacial score (nSPS) is 15.3. The molecular formula is C24H23ClN2O4S2. The molecule has 2 aromatic carbocycles. The third kappa shape index (κ3) is 5.19. The summed E-state index contributed by atoms with van der Waals surface area (Å²) < 4.78 is 27.6. The Kier molecular flexibility index (Phi) is 6.99. The molecule has 1 aromatic heterocycles. The van der Waals surface area contributed by atoms with E-state index < -0.39 is 10.0 Å². The Morgan fingerprint density at radius 2 is 1.73 bits per heavy atom. The Hall–Kier alpha value is -2.52. The van der Waals surface area contributed by atoms with Gasteiger partial charge in [-0.25, -0.2) is 8.42 Å². The third-order valence-corrected chi connectivity index (χ3v) is 9.28. The molecule has 0 saturated carbocycles. The number of amides is 1. The number of benzene rings is 2. The van der Waals surface area contributed by atoms with Crippen molar-refractivity contribution in [1.29, 1.82) is 0 Å². The summed E-state index contributed by atoms with van der Waals surface area (Å²) in [6.07, 6.45) is 0.802. The summed E-state index contributed by atoms with van der Waals surface area (Å²) in [5.41, 5.74) is 2.36. The fraction of sp³-hybridized carbons (Fsp3) is 0.250. The molecule has 1 aliphatic rings. The number of nitrogens with one attached hydrogen (secondary N) is 1. The van der Waals surface area contributed by atoms with Gasteiger partial charge in [-0.2, -0.15) is 4.31 Å². The molecule has 33 heavy (non-hydrogen) atoms. The second-order valence-corrected chi connectivity index (χ2v) is 11.9. The van der Waals surface area contributed by atoms with Gasteiger partial charge in [0.05, 0.1) is 10.0 Å². The molecule has 4 rings (SSSR count). The van der Waals surface area contributed by atoms with E-state index in [0.717, 1.165) is 16.9 Å². The highest BCUT2D eigenvalue weighted by molar-refractivity contribution is 7.91. The smallest absolute Gasteiger partial charge is 0.252 e. The molecule has 0 atom stereocenters. The maximum Gasteiger partial charge on any atom is 0.252 e. The Bertz CT molecular complexity index is 1280. The van der Waals surface area contributed by atoms with Crippen molar-refractivity contribution in [2.24, 2.45) is 5.92 Å². The Morgan fingerprint density at radius 3 is 2.36 bits per heavy atom. The maximum absolute atomic E-state index is 13.0. The van der Waals surface area contributed by atoms with Crippen LogP contribution in [-0.4, -0.2) is 37.5 Å². The largest absolute Gasteiger partial charge is 0.325 e.